The van der Waals surface area contributed by atoms with Crippen molar-refractivity contribution in [1.29, 1.82) is 0 Å². The van der Waals surface area contributed by atoms with Gasteiger partial charge >= 0.3 is 0 Å². The molecule has 1 aromatic heterocycles. The first-order valence-electron chi connectivity index (χ1n) is 8.92. The van der Waals surface area contributed by atoms with Gasteiger partial charge in [0.2, 0.25) is 0 Å². The van der Waals surface area contributed by atoms with E-state index in [1.807, 2.05) is 30.3 Å². The van der Waals surface area contributed by atoms with Gasteiger partial charge in [0.15, 0.2) is 11.5 Å². The molecule has 1 aliphatic rings. The molecule has 1 aliphatic heterocycles. The van der Waals surface area contributed by atoms with Crippen LogP contribution in [0.5, 0.6) is 11.5 Å². The van der Waals surface area contributed by atoms with Gasteiger partial charge in [-0.25, -0.2) is 0 Å². The van der Waals surface area contributed by atoms with Crippen molar-refractivity contribution in [2.75, 3.05) is 33.9 Å². The molecule has 2 aromatic rings. The van der Waals surface area contributed by atoms with Crippen molar-refractivity contribution >= 4 is 30.7 Å². The molecule has 1 atom stereocenters. The van der Waals surface area contributed by atoms with E-state index in [0.717, 1.165) is 17.7 Å². The maximum Gasteiger partial charge on any atom is 0.253 e. The molecule has 9 heteroatoms. The average molecular weight is 444 g/mol. The number of carbonyl (C=O) groups excluding carboxylic acids is 1. The van der Waals surface area contributed by atoms with Crippen molar-refractivity contribution in [2.45, 2.75) is 19.2 Å². The van der Waals surface area contributed by atoms with Crippen LogP contribution in [0.15, 0.2) is 42.7 Å². The number of aromatic nitrogens is 1. The summed E-state index contributed by atoms with van der Waals surface area (Å²) in [7, 11) is 3.20. The van der Waals surface area contributed by atoms with E-state index in [4.69, 9.17) is 14.2 Å². The van der Waals surface area contributed by atoms with Crippen LogP contribution in [0.4, 0.5) is 0 Å². The van der Waals surface area contributed by atoms with Crippen LogP contribution >= 0.6 is 24.8 Å². The van der Waals surface area contributed by atoms with E-state index in [1.165, 1.54) is 0 Å². The molecule has 1 unspecified atom stereocenters. The smallest absolute Gasteiger partial charge is 0.253 e. The molecule has 0 radical (unpaired) electrons. The Bertz CT molecular complexity index is 759. The summed E-state index contributed by atoms with van der Waals surface area (Å²) in [6.07, 6.45) is 2.99. The number of hydrogen-bond acceptors (Lipinski definition) is 6. The third-order valence-corrected chi connectivity index (χ3v) is 4.46. The largest absolute Gasteiger partial charge is 0.493 e. The highest BCUT2D eigenvalue weighted by molar-refractivity contribution is 5.85. The van der Waals surface area contributed by atoms with E-state index in [2.05, 4.69) is 10.3 Å². The normalized spacial score (nSPS) is 15.4. The van der Waals surface area contributed by atoms with Crippen LogP contribution in [0.25, 0.3) is 0 Å². The van der Waals surface area contributed by atoms with E-state index in [9.17, 15) is 4.79 Å². The number of hydrogen-bond donors (Lipinski definition) is 1. The number of pyridine rings is 1. The highest BCUT2D eigenvalue weighted by atomic mass is 35.5. The Morgan fingerprint density at radius 3 is 2.66 bits per heavy atom. The minimum atomic E-state index is -0.493. The quantitative estimate of drug-likeness (QED) is 0.708. The van der Waals surface area contributed by atoms with E-state index in [1.54, 1.807) is 31.5 Å². The number of rotatable bonds is 7. The summed E-state index contributed by atoms with van der Waals surface area (Å²) < 4.78 is 16.6. The Labute approximate surface area is 183 Å². The number of para-hydroxylation sites is 1. The Hall–Kier alpha value is -2.06. The number of nitrogens with one attached hydrogen (secondary N) is 1. The number of morpholine rings is 1. The van der Waals surface area contributed by atoms with Crippen molar-refractivity contribution in [1.82, 2.24) is 15.2 Å². The predicted molar refractivity (Wildman–Crippen MR) is 115 cm³/mol. The van der Waals surface area contributed by atoms with Gasteiger partial charge in [0.25, 0.3) is 5.91 Å². The second-order valence-corrected chi connectivity index (χ2v) is 6.27. The van der Waals surface area contributed by atoms with E-state index < -0.39 is 6.10 Å². The van der Waals surface area contributed by atoms with Crippen molar-refractivity contribution in [2.24, 2.45) is 0 Å². The van der Waals surface area contributed by atoms with Crippen LogP contribution in [0.1, 0.15) is 11.1 Å². The molecule has 1 amide bonds. The molecule has 1 aromatic carbocycles. The molecule has 1 N–H and O–H groups in total. The van der Waals surface area contributed by atoms with Gasteiger partial charge in [0, 0.05) is 44.1 Å². The molecule has 0 bridgehead atoms. The molecule has 7 nitrogen and oxygen atoms in total. The molecular formula is C20H27Cl2N3O4. The summed E-state index contributed by atoms with van der Waals surface area (Å²) >= 11 is 0. The Kier molecular flexibility index (Phi) is 10.8. The van der Waals surface area contributed by atoms with Crippen molar-refractivity contribution in [3.8, 4) is 11.5 Å². The lowest BCUT2D eigenvalue weighted by Gasteiger charge is -2.30. The standard InChI is InChI=1S/C20H25N3O4.2ClH/c1-25-17-7-3-6-16(19(17)26-2)14-23(13-15-5-4-8-21-11-15)20(24)18-12-22-9-10-27-18;;/h3-8,11,18,22H,9-10,12-14H2,1-2H3;2*1H. The maximum atomic E-state index is 13.1. The van der Waals surface area contributed by atoms with Gasteiger partial charge in [-0.05, 0) is 17.7 Å². The van der Waals surface area contributed by atoms with Crippen LogP contribution in [-0.2, 0) is 22.6 Å². The Balaban J connectivity index is 0.00000210. The van der Waals surface area contributed by atoms with E-state index in [-0.39, 0.29) is 30.7 Å². The van der Waals surface area contributed by atoms with Crippen LogP contribution < -0.4 is 14.8 Å². The second-order valence-electron chi connectivity index (χ2n) is 6.27. The van der Waals surface area contributed by atoms with Gasteiger partial charge in [0.05, 0.1) is 20.8 Å². The minimum Gasteiger partial charge on any atom is -0.493 e. The third-order valence-electron chi connectivity index (χ3n) is 4.46. The monoisotopic (exact) mass is 443 g/mol. The molecule has 160 valence electrons. The summed E-state index contributed by atoms with van der Waals surface area (Å²) in [6.45, 7) is 2.62. The van der Waals surface area contributed by atoms with Crippen LogP contribution in [-0.4, -0.2) is 55.8 Å². The SMILES string of the molecule is COc1cccc(CN(Cc2cccnc2)C(=O)C2CNCCO2)c1OC.Cl.Cl. The first-order valence-corrected chi connectivity index (χ1v) is 8.92. The molecule has 0 saturated carbocycles. The van der Waals surface area contributed by atoms with Gasteiger partial charge in [-0.15, -0.1) is 24.8 Å². The molecular weight excluding hydrogens is 417 g/mol. The molecule has 1 saturated heterocycles. The van der Waals surface area contributed by atoms with Crippen molar-refractivity contribution in [3.63, 3.8) is 0 Å². The van der Waals surface area contributed by atoms with Gasteiger partial charge < -0.3 is 24.4 Å². The second kappa shape index (κ2) is 12.5. The topological polar surface area (TPSA) is 72.9 Å². The van der Waals surface area contributed by atoms with E-state index in [0.29, 0.717) is 37.7 Å². The van der Waals surface area contributed by atoms with E-state index >= 15 is 0 Å². The molecule has 1 fully saturated rings. The first-order chi connectivity index (χ1) is 13.2. The van der Waals surface area contributed by atoms with Gasteiger partial charge in [0.1, 0.15) is 6.10 Å². The summed E-state index contributed by atoms with van der Waals surface area (Å²) in [5, 5.41) is 3.21. The average Bonchev–Trinajstić information content (AvgIpc) is 2.73. The number of ether oxygens (including phenoxy) is 3. The van der Waals surface area contributed by atoms with Crippen LogP contribution in [0.3, 0.4) is 0 Å². The maximum absolute atomic E-state index is 13.1. The van der Waals surface area contributed by atoms with Crippen LogP contribution in [0.2, 0.25) is 0 Å². The minimum absolute atomic E-state index is 0. The number of benzene rings is 1. The summed E-state index contributed by atoms with van der Waals surface area (Å²) in [5.41, 5.74) is 1.83. The number of halogens is 2. The number of methoxy groups -OCH3 is 2. The zero-order valence-corrected chi connectivity index (χ0v) is 18.1. The zero-order chi connectivity index (χ0) is 19.1. The first kappa shape index (κ1) is 25.0. The lowest BCUT2D eigenvalue weighted by atomic mass is 10.1. The van der Waals surface area contributed by atoms with Gasteiger partial charge in [-0.3, -0.25) is 9.78 Å². The number of nitrogens with zero attached hydrogens (tertiary/aromatic N) is 2. The fourth-order valence-electron chi connectivity index (χ4n) is 3.14. The lowest BCUT2D eigenvalue weighted by Crippen LogP contribution is -2.49. The fraction of sp³-hybridized carbons (Fsp3) is 0.400. The van der Waals surface area contributed by atoms with Gasteiger partial charge in [-0.1, -0.05) is 18.2 Å². The number of amides is 1. The summed E-state index contributed by atoms with van der Waals surface area (Å²) in [5.74, 6) is 1.21. The molecule has 0 aliphatic carbocycles. The summed E-state index contributed by atoms with van der Waals surface area (Å²) in [4.78, 5) is 19.1. The Morgan fingerprint density at radius 2 is 2.03 bits per heavy atom. The third kappa shape index (κ3) is 6.47. The highest BCUT2D eigenvalue weighted by Crippen LogP contribution is 2.32. The zero-order valence-electron chi connectivity index (χ0n) is 16.5. The summed E-state index contributed by atoms with van der Waals surface area (Å²) in [6, 6.07) is 9.48. The predicted octanol–water partition coefficient (Wildman–Crippen LogP) is 2.46. The van der Waals surface area contributed by atoms with Crippen molar-refractivity contribution < 1.29 is 19.0 Å². The Morgan fingerprint density at radius 1 is 1.21 bits per heavy atom. The van der Waals surface area contributed by atoms with Crippen molar-refractivity contribution in [3.05, 3.63) is 53.9 Å². The molecule has 2 heterocycles. The molecule has 29 heavy (non-hydrogen) atoms. The van der Waals surface area contributed by atoms with Crippen LogP contribution in [0, 0.1) is 0 Å². The molecule has 3 rings (SSSR count). The lowest BCUT2D eigenvalue weighted by molar-refractivity contribution is -0.146. The highest BCUT2D eigenvalue weighted by Gasteiger charge is 2.28. The number of carbonyl (C=O) groups is 1. The van der Waals surface area contributed by atoms with Gasteiger partial charge in [-0.2, -0.15) is 0 Å². The fourth-order valence-corrected chi connectivity index (χ4v) is 3.14. The molecule has 0 spiro atoms.